The van der Waals surface area contributed by atoms with Crippen molar-refractivity contribution in [2.75, 3.05) is 7.05 Å². The standard InChI is InChI=1S/C20H29N5O/c1-12(2)22-11-17(14(4)21)20(26)23-15(5)18-24-19(25(18)6)16-9-7-8-13(3)10-16/h7-12,15,19H,21H2,1-6H3,(H,23,26). The summed E-state index contributed by atoms with van der Waals surface area (Å²) < 4.78 is 0. The summed E-state index contributed by atoms with van der Waals surface area (Å²) in [5, 5.41) is 2.96. The summed E-state index contributed by atoms with van der Waals surface area (Å²) in [7, 11) is 1.99. The molecule has 0 radical (unpaired) electrons. The molecule has 0 saturated heterocycles. The molecule has 0 aliphatic carbocycles. The number of amidine groups is 1. The lowest BCUT2D eigenvalue weighted by Gasteiger charge is -2.40. The molecule has 140 valence electrons. The molecule has 6 heteroatoms. The Labute approximate surface area is 155 Å². The second-order valence-corrected chi connectivity index (χ2v) is 7.05. The van der Waals surface area contributed by atoms with E-state index in [2.05, 4.69) is 40.3 Å². The number of amides is 1. The van der Waals surface area contributed by atoms with Gasteiger partial charge >= 0.3 is 0 Å². The minimum Gasteiger partial charge on any atom is -0.402 e. The average Bonchev–Trinajstić information content (AvgIpc) is 2.53. The van der Waals surface area contributed by atoms with Crippen molar-refractivity contribution in [2.45, 2.75) is 52.9 Å². The lowest BCUT2D eigenvalue weighted by atomic mass is 10.0. The molecule has 6 nitrogen and oxygen atoms in total. The second kappa shape index (κ2) is 8.17. The predicted octanol–water partition coefficient (Wildman–Crippen LogP) is 2.55. The highest BCUT2D eigenvalue weighted by molar-refractivity contribution is 6.13. The van der Waals surface area contributed by atoms with E-state index in [-0.39, 0.29) is 24.2 Å². The van der Waals surface area contributed by atoms with Gasteiger partial charge in [-0.3, -0.25) is 9.79 Å². The molecule has 1 heterocycles. The minimum atomic E-state index is -0.239. The predicted molar refractivity (Wildman–Crippen MR) is 107 cm³/mol. The van der Waals surface area contributed by atoms with Crippen LogP contribution in [0.5, 0.6) is 0 Å². The SMILES string of the molecule is CC(N)=C(C=NC(C)C)C(=O)NC(C)C1=NC(c2cccc(C)c2)N1C. The molecule has 1 aromatic carbocycles. The maximum Gasteiger partial charge on any atom is 0.255 e. The van der Waals surface area contributed by atoms with Gasteiger partial charge in [0.05, 0.1) is 11.6 Å². The van der Waals surface area contributed by atoms with E-state index in [0.29, 0.717) is 11.3 Å². The number of aryl methyl sites for hydroxylation is 1. The molecule has 1 aromatic rings. The number of aliphatic imine (C=N–C) groups is 2. The van der Waals surface area contributed by atoms with E-state index in [1.807, 2.05) is 33.9 Å². The molecular weight excluding hydrogens is 326 g/mol. The van der Waals surface area contributed by atoms with Gasteiger partial charge in [-0.25, -0.2) is 4.99 Å². The number of rotatable bonds is 6. The molecule has 1 aliphatic heterocycles. The Morgan fingerprint density at radius 3 is 2.62 bits per heavy atom. The highest BCUT2D eigenvalue weighted by atomic mass is 16.1. The third-order valence-electron chi connectivity index (χ3n) is 4.23. The lowest BCUT2D eigenvalue weighted by molar-refractivity contribution is -0.117. The van der Waals surface area contributed by atoms with E-state index in [4.69, 9.17) is 10.7 Å². The molecule has 2 rings (SSSR count). The van der Waals surface area contributed by atoms with E-state index in [1.165, 1.54) is 5.56 Å². The van der Waals surface area contributed by atoms with Crippen LogP contribution < -0.4 is 11.1 Å². The van der Waals surface area contributed by atoms with Crippen molar-refractivity contribution in [3.63, 3.8) is 0 Å². The Bertz CT molecular complexity index is 759. The van der Waals surface area contributed by atoms with Gasteiger partial charge in [-0.15, -0.1) is 0 Å². The number of benzene rings is 1. The molecule has 3 N–H and O–H groups in total. The molecule has 0 spiro atoms. The largest absolute Gasteiger partial charge is 0.402 e. The van der Waals surface area contributed by atoms with Crippen molar-refractivity contribution in [3.8, 4) is 0 Å². The molecule has 2 atom stereocenters. The highest BCUT2D eigenvalue weighted by Gasteiger charge is 2.33. The van der Waals surface area contributed by atoms with Crippen molar-refractivity contribution in [1.29, 1.82) is 0 Å². The monoisotopic (exact) mass is 355 g/mol. The fourth-order valence-corrected chi connectivity index (χ4v) is 2.82. The van der Waals surface area contributed by atoms with Gasteiger partial charge < -0.3 is 16.0 Å². The number of likely N-dealkylation sites (N-methyl/N-ethyl adjacent to an activating group) is 1. The number of nitrogens with two attached hydrogens (primary N) is 1. The van der Waals surface area contributed by atoms with Gasteiger partial charge in [-0.1, -0.05) is 29.8 Å². The van der Waals surface area contributed by atoms with Crippen LogP contribution in [-0.2, 0) is 4.79 Å². The van der Waals surface area contributed by atoms with Crippen molar-refractivity contribution < 1.29 is 4.79 Å². The van der Waals surface area contributed by atoms with Crippen molar-refractivity contribution in [2.24, 2.45) is 15.7 Å². The van der Waals surface area contributed by atoms with Gasteiger partial charge in [-0.05, 0) is 40.2 Å². The van der Waals surface area contributed by atoms with Gasteiger partial charge in [0.15, 0.2) is 0 Å². The molecular formula is C20H29N5O. The molecule has 1 amide bonds. The van der Waals surface area contributed by atoms with Crippen LogP contribution in [0.2, 0.25) is 0 Å². The normalized spacial score (nSPS) is 19.1. The van der Waals surface area contributed by atoms with Gasteiger partial charge in [0.1, 0.15) is 12.0 Å². The van der Waals surface area contributed by atoms with Gasteiger partial charge in [-0.2, -0.15) is 0 Å². The number of hydrogen-bond donors (Lipinski definition) is 2. The van der Waals surface area contributed by atoms with Crippen LogP contribution in [0.15, 0.2) is 45.5 Å². The van der Waals surface area contributed by atoms with E-state index in [0.717, 1.165) is 11.4 Å². The van der Waals surface area contributed by atoms with Crippen LogP contribution in [-0.4, -0.2) is 42.0 Å². The first-order chi connectivity index (χ1) is 12.2. The van der Waals surface area contributed by atoms with Gasteiger partial charge in [0.2, 0.25) is 0 Å². The van der Waals surface area contributed by atoms with Crippen LogP contribution in [0.3, 0.4) is 0 Å². The smallest absolute Gasteiger partial charge is 0.255 e. The quantitative estimate of drug-likeness (QED) is 0.608. The van der Waals surface area contributed by atoms with Crippen LogP contribution in [0, 0.1) is 6.92 Å². The Morgan fingerprint density at radius 2 is 2.08 bits per heavy atom. The number of carbonyl (C=O) groups is 1. The Morgan fingerprint density at radius 1 is 1.38 bits per heavy atom. The fourth-order valence-electron chi connectivity index (χ4n) is 2.82. The number of nitrogens with zero attached hydrogens (tertiary/aromatic N) is 3. The number of allylic oxidation sites excluding steroid dienone is 1. The molecule has 0 bridgehead atoms. The third kappa shape index (κ3) is 4.50. The average molecular weight is 355 g/mol. The summed E-state index contributed by atoms with van der Waals surface area (Å²) in [6.07, 6.45) is 1.54. The third-order valence-corrected chi connectivity index (χ3v) is 4.23. The summed E-state index contributed by atoms with van der Waals surface area (Å²) >= 11 is 0. The second-order valence-electron chi connectivity index (χ2n) is 7.05. The van der Waals surface area contributed by atoms with Crippen LogP contribution in [0.4, 0.5) is 0 Å². The lowest BCUT2D eigenvalue weighted by Crippen LogP contribution is -2.52. The summed E-state index contributed by atoms with van der Waals surface area (Å²) in [4.78, 5) is 23.6. The fraction of sp³-hybridized carbons (Fsp3) is 0.450. The zero-order chi connectivity index (χ0) is 19.4. The van der Waals surface area contributed by atoms with E-state index in [9.17, 15) is 4.79 Å². The minimum absolute atomic E-state index is 0.00184. The van der Waals surface area contributed by atoms with E-state index >= 15 is 0 Å². The maximum absolute atomic E-state index is 12.5. The molecule has 26 heavy (non-hydrogen) atoms. The number of hydrogen-bond acceptors (Lipinski definition) is 5. The maximum atomic E-state index is 12.5. The first kappa shape index (κ1) is 19.7. The highest BCUT2D eigenvalue weighted by Crippen LogP contribution is 2.30. The van der Waals surface area contributed by atoms with E-state index in [1.54, 1.807) is 13.1 Å². The summed E-state index contributed by atoms with van der Waals surface area (Å²) in [6.45, 7) is 9.58. The first-order valence-electron chi connectivity index (χ1n) is 8.88. The van der Waals surface area contributed by atoms with Crippen molar-refractivity contribution in [3.05, 3.63) is 46.7 Å². The van der Waals surface area contributed by atoms with Gasteiger partial charge in [0, 0.05) is 25.0 Å². The molecule has 2 unspecified atom stereocenters. The Kier molecular flexibility index (Phi) is 6.18. The molecule has 0 saturated carbocycles. The molecule has 0 aromatic heterocycles. The van der Waals surface area contributed by atoms with Crippen LogP contribution in [0.25, 0.3) is 0 Å². The van der Waals surface area contributed by atoms with Crippen molar-refractivity contribution in [1.82, 2.24) is 10.2 Å². The number of nitrogens with one attached hydrogen (secondary N) is 1. The zero-order valence-corrected chi connectivity index (χ0v) is 16.4. The summed E-state index contributed by atoms with van der Waals surface area (Å²) in [5.41, 5.74) is 9.04. The van der Waals surface area contributed by atoms with Gasteiger partial charge in [0.25, 0.3) is 5.91 Å². The first-order valence-corrected chi connectivity index (χ1v) is 8.88. The Hall–Kier alpha value is -2.63. The topological polar surface area (TPSA) is 83.1 Å². The van der Waals surface area contributed by atoms with Crippen molar-refractivity contribution >= 4 is 18.0 Å². The Balaban J connectivity index is 2.08. The summed E-state index contributed by atoms with van der Waals surface area (Å²) in [6, 6.07) is 8.19. The zero-order valence-electron chi connectivity index (χ0n) is 16.4. The number of carbonyl (C=O) groups excluding carboxylic acids is 1. The summed E-state index contributed by atoms with van der Waals surface area (Å²) in [5.74, 6) is 0.608. The molecule has 1 aliphatic rings. The van der Waals surface area contributed by atoms with Crippen LogP contribution in [0.1, 0.15) is 45.0 Å². The van der Waals surface area contributed by atoms with Crippen LogP contribution >= 0.6 is 0 Å². The van der Waals surface area contributed by atoms with E-state index < -0.39 is 0 Å². The molecule has 0 fully saturated rings.